The number of nitrogen functional groups attached to an aromatic ring is 1. The molecule has 8 heteroatoms. The first kappa shape index (κ1) is 19.0. The van der Waals surface area contributed by atoms with Gasteiger partial charge in [-0.3, -0.25) is 9.36 Å². The number of anilines is 1. The molecule has 1 heterocycles. The molecule has 140 valence electrons. The lowest BCUT2D eigenvalue weighted by atomic mass is 9.95. The molecule has 1 fully saturated rings. The summed E-state index contributed by atoms with van der Waals surface area (Å²) in [5, 5.41) is 12.6. The minimum atomic E-state index is -0.458. The zero-order valence-electron chi connectivity index (χ0n) is 14.8. The lowest BCUT2D eigenvalue weighted by molar-refractivity contribution is -0.124. The van der Waals surface area contributed by atoms with Crippen LogP contribution in [0, 0.1) is 0 Å². The molecule has 0 aliphatic heterocycles. The number of amides is 1. The van der Waals surface area contributed by atoms with Crippen LogP contribution in [0.5, 0.6) is 0 Å². The molecule has 0 bridgehead atoms. The Morgan fingerprint density at radius 2 is 2.08 bits per heavy atom. The van der Waals surface area contributed by atoms with Gasteiger partial charge < -0.3 is 11.1 Å². The molecule has 1 saturated carbocycles. The van der Waals surface area contributed by atoms with Crippen molar-refractivity contribution >= 4 is 35.2 Å². The second-order valence-corrected chi connectivity index (χ2v) is 7.96. The third-order valence-electron chi connectivity index (χ3n) is 4.72. The maximum absolute atomic E-state index is 12.7. The van der Waals surface area contributed by atoms with Gasteiger partial charge in [0.05, 0.1) is 0 Å². The number of carbonyl (C=O) groups excluding carboxylic acids is 1. The van der Waals surface area contributed by atoms with Gasteiger partial charge in [0.25, 0.3) is 0 Å². The number of thioether (sulfide) groups is 1. The molecule has 26 heavy (non-hydrogen) atoms. The summed E-state index contributed by atoms with van der Waals surface area (Å²) in [5.74, 6) is 0.843. The molecule has 3 N–H and O–H groups in total. The normalized spacial score (nSPS) is 16.4. The van der Waals surface area contributed by atoms with E-state index in [2.05, 4.69) is 15.5 Å². The van der Waals surface area contributed by atoms with Crippen molar-refractivity contribution in [2.45, 2.75) is 62.0 Å². The summed E-state index contributed by atoms with van der Waals surface area (Å²) in [6.45, 7) is 1.83. The number of hydrogen-bond donors (Lipinski definition) is 2. The van der Waals surface area contributed by atoms with Crippen LogP contribution in [0.2, 0.25) is 5.02 Å². The summed E-state index contributed by atoms with van der Waals surface area (Å²) >= 11 is 7.68. The molecule has 1 amide bonds. The van der Waals surface area contributed by atoms with Crippen molar-refractivity contribution in [3.05, 3.63) is 34.9 Å². The number of aromatic nitrogens is 3. The molecule has 1 aliphatic rings. The van der Waals surface area contributed by atoms with Crippen LogP contribution in [0.4, 0.5) is 5.95 Å². The molecular formula is C18H24ClN5OS. The van der Waals surface area contributed by atoms with Gasteiger partial charge >= 0.3 is 0 Å². The van der Waals surface area contributed by atoms with E-state index >= 15 is 0 Å². The largest absolute Gasteiger partial charge is 0.368 e. The van der Waals surface area contributed by atoms with Gasteiger partial charge in [-0.15, -0.1) is 10.2 Å². The fourth-order valence-electron chi connectivity index (χ4n) is 3.19. The third kappa shape index (κ3) is 4.51. The Balaban J connectivity index is 1.68. The van der Waals surface area contributed by atoms with E-state index in [1.165, 1.54) is 31.0 Å². The summed E-state index contributed by atoms with van der Waals surface area (Å²) < 4.78 is 1.69. The van der Waals surface area contributed by atoms with Gasteiger partial charge in [0.15, 0.2) is 5.16 Å². The van der Waals surface area contributed by atoms with Gasteiger partial charge in [-0.2, -0.15) is 0 Å². The first-order valence-electron chi connectivity index (χ1n) is 8.93. The molecule has 1 aliphatic carbocycles. The molecule has 0 spiro atoms. The Morgan fingerprint density at radius 3 is 2.81 bits per heavy atom. The molecule has 2 aromatic rings. The van der Waals surface area contributed by atoms with E-state index in [0.717, 1.165) is 18.4 Å². The summed E-state index contributed by atoms with van der Waals surface area (Å²) in [6, 6.07) is 7.47. The maximum atomic E-state index is 12.7. The SMILES string of the molecule is CC(C(=O)NC1CCCCC1)n1c(N)nnc1SCc1ccccc1Cl. The van der Waals surface area contributed by atoms with Crippen LogP contribution >= 0.6 is 23.4 Å². The van der Waals surface area contributed by atoms with Crippen molar-refractivity contribution in [3.63, 3.8) is 0 Å². The van der Waals surface area contributed by atoms with Crippen molar-refractivity contribution in [2.75, 3.05) is 5.73 Å². The van der Waals surface area contributed by atoms with Crippen LogP contribution in [0.1, 0.15) is 50.6 Å². The second kappa shape index (κ2) is 8.77. The summed E-state index contributed by atoms with van der Waals surface area (Å²) in [6.07, 6.45) is 5.69. The first-order valence-corrected chi connectivity index (χ1v) is 10.3. The van der Waals surface area contributed by atoms with Gasteiger partial charge in [0.2, 0.25) is 11.9 Å². The maximum Gasteiger partial charge on any atom is 0.243 e. The first-order chi connectivity index (χ1) is 12.6. The Hall–Kier alpha value is -1.73. The van der Waals surface area contributed by atoms with Crippen LogP contribution in [0.15, 0.2) is 29.4 Å². The highest BCUT2D eigenvalue weighted by atomic mass is 35.5. The van der Waals surface area contributed by atoms with Crippen LogP contribution in [0.25, 0.3) is 0 Å². The number of nitrogens with one attached hydrogen (secondary N) is 1. The topological polar surface area (TPSA) is 85.8 Å². The minimum Gasteiger partial charge on any atom is -0.368 e. The van der Waals surface area contributed by atoms with Crippen molar-refractivity contribution in [2.24, 2.45) is 0 Å². The van der Waals surface area contributed by atoms with E-state index in [1.807, 2.05) is 31.2 Å². The van der Waals surface area contributed by atoms with Gasteiger partial charge in [-0.1, -0.05) is 60.8 Å². The minimum absolute atomic E-state index is 0.0389. The van der Waals surface area contributed by atoms with Crippen molar-refractivity contribution < 1.29 is 4.79 Å². The zero-order chi connectivity index (χ0) is 18.5. The molecule has 1 atom stereocenters. The van der Waals surface area contributed by atoms with Crippen molar-refractivity contribution in [3.8, 4) is 0 Å². The van der Waals surface area contributed by atoms with Gasteiger partial charge in [0.1, 0.15) is 6.04 Å². The third-order valence-corrected chi connectivity index (χ3v) is 6.08. The average molecular weight is 394 g/mol. The summed E-state index contributed by atoms with van der Waals surface area (Å²) in [7, 11) is 0. The van der Waals surface area contributed by atoms with E-state index in [-0.39, 0.29) is 17.9 Å². The fraction of sp³-hybridized carbons (Fsp3) is 0.500. The van der Waals surface area contributed by atoms with Gasteiger partial charge in [-0.25, -0.2) is 0 Å². The van der Waals surface area contributed by atoms with Gasteiger partial charge in [0, 0.05) is 16.8 Å². The number of hydrogen-bond acceptors (Lipinski definition) is 5. The van der Waals surface area contributed by atoms with E-state index < -0.39 is 6.04 Å². The molecule has 1 unspecified atom stereocenters. The standard InChI is InChI=1S/C18H24ClN5OS/c1-12(16(25)21-14-8-3-2-4-9-14)24-17(20)22-23-18(24)26-11-13-7-5-6-10-15(13)19/h5-7,10,12,14H,2-4,8-9,11H2,1H3,(H2,20,22)(H,21,25). The highest BCUT2D eigenvalue weighted by molar-refractivity contribution is 7.98. The van der Waals surface area contributed by atoms with Crippen LogP contribution in [-0.2, 0) is 10.5 Å². The number of nitrogens with two attached hydrogens (primary N) is 1. The highest BCUT2D eigenvalue weighted by Gasteiger charge is 2.25. The van der Waals surface area contributed by atoms with Crippen molar-refractivity contribution in [1.29, 1.82) is 0 Å². The molecule has 6 nitrogen and oxygen atoms in total. The Kier molecular flexibility index (Phi) is 6.43. The number of carbonyl (C=O) groups is 1. The quantitative estimate of drug-likeness (QED) is 0.728. The molecule has 0 saturated heterocycles. The number of nitrogens with zero attached hydrogens (tertiary/aromatic N) is 3. The lowest BCUT2D eigenvalue weighted by Gasteiger charge is -2.25. The van der Waals surface area contributed by atoms with Crippen molar-refractivity contribution in [1.82, 2.24) is 20.1 Å². The smallest absolute Gasteiger partial charge is 0.243 e. The van der Waals surface area contributed by atoms with Crippen LogP contribution in [0.3, 0.4) is 0 Å². The number of benzene rings is 1. The molecule has 3 rings (SSSR count). The fourth-order valence-corrected chi connectivity index (χ4v) is 4.50. The Morgan fingerprint density at radius 1 is 1.35 bits per heavy atom. The molecular weight excluding hydrogens is 370 g/mol. The van der Waals surface area contributed by atoms with Crippen LogP contribution < -0.4 is 11.1 Å². The van der Waals surface area contributed by atoms with Crippen LogP contribution in [-0.4, -0.2) is 26.7 Å². The zero-order valence-corrected chi connectivity index (χ0v) is 16.4. The summed E-state index contributed by atoms with van der Waals surface area (Å²) in [4.78, 5) is 12.7. The van der Waals surface area contributed by atoms with E-state index in [4.69, 9.17) is 17.3 Å². The number of rotatable bonds is 6. The van der Waals surface area contributed by atoms with E-state index in [0.29, 0.717) is 15.9 Å². The molecule has 1 aromatic heterocycles. The van der Waals surface area contributed by atoms with E-state index in [1.54, 1.807) is 4.57 Å². The molecule has 0 radical (unpaired) electrons. The van der Waals surface area contributed by atoms with Gasteiger partial charge in [-0.05, 0) is 31.4 Å². The predicted octanol–water partition coefficient (Wildman–Crippen LogP) is 3.82. The Labute approximate surface area is 162 Å². The Bertz CT molecular complexity index is 760. The van der Waals surface area contributed by atoms with E-state index in [9.17, 15) is 4.79 Å². The molecule has 1 aromatic carbocycles. The highest BCUT2D eigenvalue weighted by Crippen LogP contribution is 2.29. The predicted molar refractivity (Wildman–Crippen MR) is 105 cm³/mol. The monoisotopic (exact) mass is 393 g/mol. The number of halogens is 1. The lowest BCUT2D eigenvalue weighted by Crippen LogP contribution is -2.40. The summed E-state index contributed by atoms with van der Waals surface area (Å²) in [5.41, 5.74) is 6.99. The second-order valence-electron chi connectivity index (χ2n) is 6.61. The average Bonchev–Trinajstić information content (AvgIpc) is 3.01.